The predicted molar refractivity (Wildman–Crippen MR) is 96.9 cm³/mol. The largest absolute Gasteiger partial charge is 0.326 e. The maximum Gasteiger partial charge on any atom is 0.226 e. The molecule has 0 fully saturated rings. The summed E-state index contributed by atoms with van der Waals surface area (Å²) in [6, 6.07) is 14.4. The van der Waals surface area contributed by atoms with Gasteiger partial charge < -0.3 is 10.2 Å². The lowest BCUT2D eigenvalue weighted by Gasteiger charge is -2.22. The van der Waals surface area contributed by atoms with Crippen molar-refractivity contribution in [2.24, 2.45) is 0 Å². The molecule has 0 aliphatic carbocycles. The molecular weight excluding hydrogens is 380 g/mol. The number of anilines is 2. The fourth-order valence-electron chi connectivity index (χ4n) is 2.09. The number of hydrogen-bond donors (Lipinski definition) is 1. The van der Waals surface area contributed by atoms with Crippen LogP contribution in [0.1, 0.15) is 13.3 Å². The van der Waals surface area contributed by atoms with Crippen molar-refractivity contribution in [2.45, 2.75) is 13.3 Å². The van der Waals surface area contributed by atoms with Gasteiger partial charge in [-0.15, -0.1) is 0 Å². The van der Waals surface area contributed by atoms with Crippen molar-refractivity contribution in [3.8, 4) is 0 Å². The van der Waals surface area contributed by atoms with E-state index in [1.165, 1.54) is 11.8 Å². The van der Waals surface area contributed by atoms with E-state index in [4.69, 9.17) is 11.6 Å². The van der Waals surface area contributed by atoms with Crippen LogP contribution in [0.2, 0.25) is 5.02 Å². The third-order valence-corrected chi connectivity index (χ3v) is 4.06. The van der Waals surface area contributed by atoms with E-state index in [2.05, 4.69) is 21.2 Å². The van der Waals surface area contributed by atoms with Gasteiger partial charge in [-0.3, -0.25) is 9.59 Å². The van der Waals surface area contributed by atoms with Crippen LogP contribution in [-0.4, -0.2) is 18.4 Å². The van der Waals surface area contributed by atoms with Gasteiger partial charge in [-0.2, -0.15) is 0 Å². The second kappa shape index (κ2) is 8.13. The maximum absolute atomic E-state index is 12.0. The van der Waals surface area contributed by atoms with Crippen molar-refractivity contribution in [3.05, 3.63) is 58.0 Å². The van der Waals surface area contributed by atoms with Gasteiger partial charge in [0.15, 0.2) is 0 Å². The summed E-state index contributed by atoms with van der Waals surface area (Å²) < 4.78 is 0.942. The van der Waals surface area contributed by atoms with Crippen LogP contribution in [0.25, 0.3) is 0 Å². The molecule has 0 spiro atoms. The molecule has 23 heavy (non-hydrogen) atoms. The van der Waals surface area contributed by atoms with E-state index < -0.39 is 0 Å². The van der Waals surface area contributed by atoms with Crippen LogP contribution in [0.4, 0.5) is 11.4 Å². The van der Waals surface area contributed by atoms with Crippen molar-refractivity contribution in [2.75, 3.05) is 16.8 Å². The number of carbonyl (C=O) groups excluding carboxylic acids is 2. The highest BCUT2D eigenvalue weighted by Crippen LogP contribution is 2.25. The zero-order valence-electron chi connectivity index (χ0n) is 12.6. The smallest absolute Gasteiger partial charge is 0.226 e. The van der Waals surface area contributed by atoms with Gasteiger partial charge in [0.25, 0.3) is 0 Å². The highest BCUT2D eigenvalue weighted by molar-refractivity contribution is 9.10. The molecule has 2 aromatic rings. The summed E-state index contributed by atoms with van der Waals surface area (Å²) in [6.07, 6.45) is 0.181. The van der Waals surface area contributed by atoms with Crippen molar-refractivity contribution >= 4 is 50.7 Å². The Labute approximate surface area is 148 Å². The predicted octanol–water partition coefficient (Wildman–Crippen LogP) is 4.48. The number of nitrogens with zero attached hydrogens (tertiary/aromatic N) is 1. The molecule has 0 atom stereocenters. The Balaban J connectivity index is 1.99. The molecule has 6 heteroatoms. The SMILES string of the molecule is CC(=O)N(CCC(=O)Nc1ccc(Br)cc1)c1ccccc1Cl. The van der Waals surface area contributed by atoms with E-state index in [9.17, 15) is 9.59 Å². The minimum absolute atomic E-state index is 0.158. The molecule has 4 nitrogen and oxygen atoms in total. The van der Waals surface area contributed by atoms with Crippen LogP contribution in [0.5, 0.6) is 0 Å². The first-order valence-electron chi connectivity index (χ1n) is 7.05. The van der Waals surface area contributed by atoms with Gasteiger partial charge in [0.05, 0.1) is 10.7 Å². The Hall–Kier alpha value is -1.85. The average Bonchev–Trinajstić information content (AvgIpc) is 2.51. The van der Waals surface area contributed by atoms with Crippen LogP contribution in [0, 0.1) is 0 Å². The monoisotopic (exact) mass is 394 g/mol. The molecule has 2 amide bonds. The number of amides is 2. The van der Waals surface area contributed by atoms with Gasteiger partial charge in [-0.25, -0.2) is 0 Å². The van der Waals surface area contributed by atoms with Crippen molar-refractivity contribution in [1.82, 2.24) is 0 Å². The molecule has 0 saturated heterocycles. The normalized spacial score (nSPS) is 10.2. The van der Waals surface area contributed by atoms with E-state index in [-0.39, 0.29) is 24.8 Å². The highest BCUT2D eigenvalue weighted by Gasteiger charge is 2.15. The summed E-state index contributed by atoms with van der Waals surface area (Å²) in [5, 5.41) is 3.28. The topological polar surface area (TPSA) is 49.4 Å². The molecular formula is C17H16BrClN2O2. The molecule has 0 heterocycles. The van der Waals surface area contributed by atoms with Crippen LogP contribution < -0.4 is 10.2 Å². The van der Waals surface area contributed by atoms with Crippen LogP contribution in [0.15, 0.2) is 53.0 Å². The van der Waals surface area contributed by atoms with Gasteiger partial charge in [-0.05, 0) is 36.4 Å². The highest BCUT2D eigenvalue weighted by atomic mass is 79.9. The summed E-state index contributed by atoms with van der Waals surface area (Å²) in [6.45, 7) is 1.72. The van der Waals surface area contributed by atoms with Crippen LogP contribution >= 0.6 is 27.5 Å². The molecule has 0 bridgehead atoms. The first-order valence-corrected chi connectivity index (χ1v) is 8.22. The standard InChI is InChI=1S/C17H16BrClN2O2/c1-12(22)21(16-5-3-2-4-15(16)19)11-10-17(23)20-14-8-6-13(18)7-9-14/h2-9H,10-11H2,1H3,(H,20,23). The minimum Gasteiger partial charge on any atom is -0.326 e. The molecule has 1 N–H and O–H groups in total. The summed E-state index contributed by atoms with van der Waals surface area (Å²) in [5.41, 5.74) is 1.32. The van der Waals surface area contributed by atoms with Crippen molar-refractivity contribution in [1.29, 1.82) is 0 Å². The Morgan fingerprint density at radius 3 is 2.39 bits per heavy atom. The number of halogens is 2. The quantitative estimate of drug-likeness (QED) is 0.811. The van der Waals surface area contributed by atoms with Crippen molar-refractivity contribution in [3.63, 3.8) is 0 Å². The Morgan fingerprint density at radius 1 is 1.13 bits per heavy atom. The zero-order chi connectivity index (χ0) is 16.8. The molecule has 0 aliphatic heterocycles. The van der Waals surface area contributed by atoms with Gasteiger partial charge in [-0.1, -0.05) is 39.7 Å². The summed E-state index contributed by atoms with van der Waals surface area (Å²) in [4.78, 5) is 25.4. The van der Waals surface area contributed by atoms with Gasteiger partial charge in [0.1, 0.15) is 0 Å². The lowest BCUT2D eigenvalue weighted by atomic mass is 10.2. The lowest BCUT2D eigenvalue weighted by molar-refractivity contribution is -0.117. The second-order valence-corrected chi connectivity index (χ2v) is 6.25. The van der Waals surface area contributed by atoms with Gasteiger partial charge in [0.2, 0.25) is 11.8 Å². The first-order chi connectivity index (χ1) is 11.0. The number of rotatable bonds is 5. The van der Waals surface area contributed by atoms with E-state index in [1.54, 1.807) is 36.4 Å². The van der Waals surface area contributed by atoms with E-state index >= 15 is 0 Å². The van der Waals surface area contributed by atoms with Gasteiger partial charge >= 0.3 is 0 Å². The molecule has 0 aromatic heterocycles. The fourth-order valence-corrected chi connectivity index (χ4v) is 2.59. The number of para-hydroxylation sites is 1. The number of benzene rings is 2. The zero-order valence-corrected chi connectivity index (χ0v) is 14.9. The van der Waals surface area contributed by atoms with E-state index in [1.807, 2.05) is 12.1 Å². The molecule has 0 saturated carbocycles. The van der Waals surface area contributed by atoms with E-state index in [0.717, 1.165) is 4.47 Å². The maximum atomic E-state index is 12.0. The molecule has 0 unspecified atom stereocenters. The Morgan fingerprint density at radius 2 is 1.78 bits per heavy atom. The third-order valence-electron chi connectivity index (χ3n) is 3.21. The molecule has 2 rings (SSSR count). The fraction of sp³-hybridized carbons (Fsp3) is 0.176. The first kappa shape index (κ1) is 17.5. The molecule has 0 radical (unpaired) electrons. The van der Waals surface area contributed by atoms with Crippen molar-refractivity contribution < 1.29 is 9.59 Å². The molecule has 0 aliphatic rings. The number of hydrogen-bond acceptors (Lipinski definition) is 2. The molecule has 120 valence electrons. The van der Waals surface area contributed by atoms with Crippen LogP contribution in [-0.2, 0) is 9.59 Å². The summed E-state index contributed by atoms with van der Waals surface area (Å²) in [7, 11) is 0. The third kappa shape index (κ3) is 5.08. The second-order valence-electron chi connectivity index (χ2n) is 4.93. The summed E-state index contributed by atoms with van der Waals surface area (Å²) in [5.74, 6) is -0.319. The Bertz CT molecular complexity index is 704. The van der Waals surface area contributed by atoms with E-state index in [0.29, 0.717) is 16.4 Å². The minimum atomic E-state index is -0.161. The number of carbonyl (C=O) groups is 2. The lowest BCUT2D eigenvalue weighted by Crippen LogP contribution is -2.32. The van der Waals surface area contributed by atoms with Crippen LogP contribution in [0.3, 0.4) is 0 Å². The Kier molecular flexibility index (Phi) is 6.19. The average molecular weight is 396 g/mol. The molecule has 2 aromatic carbocycles. The summed E-state index contributed by atoms with van der Waals surface area (Å²) >= 11 is 9.46. The van der Waals surface area contributed by atoms with Gasteiger partial charge in [0, 0.05) is 30.0 Å². The number of nitrogens with one attached hydrogen (secondary N) is 1.